The molecule has 100 valence electrons. The number of anilines is 1. The molecule has 19 heavy (non-hydrogen) atoms. The number of rotatable bonds is 5. The van der Waals surface area contributed by atoms with Gasteiger partial charge in [0.1, 0.15) is 11.6 Å². The highest BCUT2D eigenvalue weighted by atomic mass is 19.1. The van der Waals surface area contributed by atoms with Crippen LogP contribution in [0.3, 0.4) is 0 Å². The monoisotopic (exact) mass is 263 g/mol. The first kappa shape index (κ1) is 13.5. The summed E-state index contributed by atoms with van der Waals surface area (Å²) in [6.45, 7) is 0.780. The molecule has 0 atom stereocenters. The quantitative estimate of drug-likeness (QED) is 0.887. The first-order valence-electron chi connectivity index (χ1n) is 5.95. The van der Waals surface area contributed by atoms with Crippen LogP contribution in [-0.2, 0) is 17.9 Å². The molecule has 0 aliphatic heterocycles. The number of para-hydroxylation sites is 1. The number of ether oxygens (including phenoxy) is 1. The summed E-state index contributed by atoms with van der Waals surface area (Å²) in [7, 11) is 1.62. The predicted molar refractivity (Wildman–Crippen MR) is 70.8 cm³/mol. The van der Waals surface area contributed by atoms with E-state index in [9.17, 15) is 8.78 Å². The average molecular weight is 263 g/mol. The number of benzene rings is 2. The summed E-state index contributed by atoms with van der Waals surface area (Å²) in [6.07, 6.45) is 0. The zero-order valence-corrected chi connectivity index (χ0v) is 10.6. The minimum atomic E-state index is -0.568. The lowest BCUT2D eigenvalue weighted by molar-refractivity contribution is 0.185. The van der Waals surface area contributed by atoms with Gasteiger partial charge in [0.15, 0.2) is 0 Å². The number of nitrogens with one attached hydrogen (secondary N) is 1. The molecular formula is C15H15F2NO. The van der Waals surface area contributed by atoms with Crippen LogP contribution in [0.4, 0.5) is 14.5 Å². The Morgan fingerprint density at radius 2 is 1.84 bits per heavy atom. The highest BCUT2D eigenvalue weighted by Gasteiger charge is 2.05. The van der Waals surface area contributed by atoms with Crippen LogP contribution in [-0.4, -0.2) is 7.11 Å². The number of hydrogen-bond donors (Lipinski definition) is 1. The molecule has 0 heterocycles. The second-order valence-corrected chi connectivity index (χ2v) is 4.18. The highest BCUT2D eigenvalue weighted by molar-refractivity contribution is 5.51. The minimum Gasteiger partial charge on any atom is -0.381 e. The van der Waals surface area contributed by atoms with Crippen molar-refractivity contribution in [3.63, 3.8) is 0 Å². The molecule has 4 heteroatoms. The predicted octanol–water partition coefficient (Wildman–Crippen LogP) is 3.72. The molecule has 0 fully saturated rings. The van der Waals surface area contributed by atoms with Crippen LogP contribution < -0.4 is 5.32 Å². The summed E-state index contributed by atoms with van der Waals surface area (Å²) < 4.78 is 31.4. The van der Waals surface area contributed by atoms with E-state index < -0.39 is 11.6 Å². The van der Waals surface area contributed by atoms with Crippen molar-refractivity contribution < 1.29 is 13.5 Å². The van der Waals surface area contributed by atoms with Crippen molar-refractivity contribution >= 4 is 5.69 Å². The van der Waals surface area contributed by atoms with Crippen molar-refractivity contribution in [2.75, 3.05) is 12.4 Å². The molecule has 2 aromatic carbocycles. The summed E-state index contributed by atoms with van der Waals surface area (Å²) >= 11 is 0. The normalized spacial score (nSPS) is 10.5. The molecule has 0 bridgehead atoms. The Morgan fingerprint density at radius 1 is 1.05 bits per heavy atom. The summed E-state index contributed by atoms with van der Waals surface area (Å²) in [5, 5.41) is 3.13. The molecule has 2 aromatic rings. The minimum absolute atomic E-state index is 0.298. The molecule has 2 nitrogen and oxygen atoms in total. The van der Waals surface area contributed by atoms with E-state index in [0.717, 1.165) is 17.3 Å². The van der Waals surface area contributed by atoms with E-state index in [0.29, 0.717) is 18.7 Å². The summed E-state index contributed by atoms with van der Waals surface area (Å²) in [5.41, 5.74) is 2.30. The second-order valence-electron chi connectivity index (χ2n) is 4.18. The van der Waals surface area contributed by atoms with Gasteiger partial charge in [-0.1, -0.05) is 24.3 Å². The maximum atomic E-state index is 13.5. The van der Waals surface area contributed by atoms with Crippen LogP contribution in [0.25, 0.3) is 0 Å². The number of halogens is 2. The third-order valence-corrected chi connectivity index (χ3v) is 2.80. The smallest absolute Gasteiger partial charge is 0.131 e. The summed E-state index contributed by atoms with van der Waals surface area (Å²) in [5.74, 6) is -1.11. The average Bonchev–Trinajstić information content (AvgIpc) is 2.40. The van der Waals surface area contributed by atoms with Crippen LogP contribution in [0, 0.1) is 11.6 Å². The Kier molecular flexibility index (Phi) is 4.47. The van der Waals surface area contributed by atoms with Crippen molar-refractivity contribution in [1.29, 1.82) is 0 Å². The summed E-state index contributed by atoms with van der Waals surface area (Å²) in [6, 6.07) is 11.2. The molecular weight excluding hydrogens is 248 g/mol. The lowest BCUT2D eigenvalue weighted by Gasteiger charge is -2.12. The number of hydrogen-bond acceptors (Lipinski definition) is 2. The maximum absolute atomic E-state index is 13.5. The Balaban J connectivity index is 2.10. The molecule has 0 saturated heterocycles. The molecule has 0 radical (unpaired) electrons. The fraction of sp³-hybridized carbons (Fsp3) is 0.200. The molecule has 0 saturated carbocycles. The fourth-order valence-corrected chi connectivity index (χ4v) is 1.83. The highest BCUT2D eigenvalue weighted by Crippen LogP contribution is 2.18. The van der Waals surface area contributed by atoms with Crippen LogP contribution in [0.15, 0.2) is 42.5 Å². The van der Waals surface area contributed by atoms with Gasteiger partial charge >= 0.3 is 0 Å². The molecule has 0 unspecified atom stereocenters. The van der Waals surface area contributed by atoms with Crippen LogP contribution in [0.1, 0.15) is 11.1 Å². The van der Waals surface area contributed by atoms with E-state index in [1.807, 2.05) is 24.3 Å². The lowest BCUT2D eigenvalue weighted by atomic mass is 10.1. The largest absolute Gasteiger partial charge is 0.381 e. The second kappa shape index (κ2) is 6.29. The lowest BCUT2D eigenvalue weighted by Crippen LogP contribution is -2.05. The van der Waals surface area contributed by atoms with Crippen molar-refractivity contribution in [1.82, 2.24) is 0 Å². The van der Waals surface area contributed by atoms with Crippen molar-refractivity contribution in [2.45, 2.75) is 13.2 Å². The third kappa shape index (κ3) is 3.51. The molecule has 0 aliphatic rings. The van der Waals surface area contributed by atoms with E-state index in [1.165, 1.54) is 12.1 Å². The maximum Gasteiger partial charge on any atom is 0.131 e. The number of methoxy groups -OCH3 is 1. The Hall–Kier alpha value is -1.94. The van der Waals surface area contributed by atoms with Gasteiger partial charge in [0.2, 0.25) is 0 Å². The molecule has 1 N–H and O–H groups in total. The van der Waals surface area contributed by atoms with Crippen molar-refractivity contribution in [3.8, 4) is 0 Å². The molecule has 0 aliphatic carbocycles. The Bertz CT molecular complexity index is 558. The SMILES string of the molecule is COCc1ccccc1NCc1ccc(F)cc1F. The molecule has 2 rings (SSSR count). The van der Waals surface area contributed by atoms with Gasteiger partial charge in [-0.15, -0.1) is 0 Å². The Morgan fingerprint density at radius 3 is 2.58 bits per heavy atom. The zero-order chi connectivity index (χ0) is 13.7. The van der Waals surface area contributed by atoms with Crippen molar-refractivity contribution in [2.24, 2.45) is 0 Å². The topological polar surface area (TPSA) is 21.3 Å². The van der Waals surface area contributed by atoms with Crippen LogP contribution in [0.5, 0.6) is 0 Å². The summed E-state index contributed by atoms with van der Waals surface area (Å²) in [4.78, 5) is 0. The zero-order valence-electron chi connectivity index (χ0n) is 10.6. The van der Waals surface area contributed by atoms with Gasteiger partial charge in [-0.05, 0) is 12.1 Å². The van der Waals surface area contributed by atoms with Gasteiger partial charge in [-0.25, -0.2) is 8.78 Å². The van der Waals surface area contributed by atoms with Gasteiger partial charge in [0, 0.05) is 36.5 Å². The molecule has 0 aromatic heterocycles. The van der Waals surface area contributed by atoms with E-state index in [1.54, 1.807) is 7.11 Å². The van der Waals surface area contributed by atoms with E-state index in [-0.39, 0.29) is 0 Å². The standard InChI is InChI=1S/C15H15F2NO/c1-19-10-12-4-2-3-5-15(12)18-9-11-6-7-13(16)8-14(11)17/h2-8,18H,9-10H2,1H3. The van der Waals surface area contributed by atoms with Gasteiger partial charge in [-0.3, -0.25) is 0 Å². The molecule has 0 amide bonds. The van der Waals surface area contributed by atoms with Gasteiger partial charge in [0.25, 0.3) is 0 Å². The van der Waals surface area contributed by atoms with Crippen LogP contribution in [0.2, 0.25) is 0 Å². The fourth-order valence-electron chi connectivity index (χ4n) is 1.83. The first-order valence-corrected chi connectivity index (χ1v) is 5.95. The molecule has 0 spiro atoms. The van der Waals surface area contributed by atoms with Gasteiger partial charge < -0.3 is 10.1 Å². The Labute approximate surface area is 111 Å². The van der Waals surface area contributed by atoms with Crippen LogP contribution >= 0.6 is 0 Å². The van der Waals surface area contributed by atoms with Gasteiger partial charge in [-0.2, -0.15) is 0 Å². The van der Waals surface area contributed by atoms with E-state index in [4.69, 9.17) is 4.74 Å². The van der Waals surface area contributed by atoms with E-state index in [2.05, 4.69) is 5.32 Å². The van der Waals surface area contributed by atoms with E-state index >= 15 is 0 Å². The first-order chi connectivity index (χ1) is 9.20. The van der Waals surface area contributed by atoms with Crippen molar-refractivity contribution in [3.05, 3.63) is 65.2 Å². The third-order valence-electron chi connectivity index (χ3n) is 2.80. The van der Waals surface area contributed by atoms with Gasteiger partial charge in [0.05, 0.1) is 6.61 Å².